The Morgan fingerprint density at radius 3 is 2.74 bits per heavy atom. The van der Waals surface area contributed by atoms with Crippen LogP contribution in [-0.2, 0) is 13.1 Å². The van der Waals surface area contributed by atoms with Gasteiger partial charge in [-0.1, -0.05) is 52.8 Å². The number of hydrogen-bond acceptors (Lipinski definition) is 3. The van der Waals surface area contributed by atoms with Gasteiger partial charge in [0.15, 0.2) is 5.82 Å². The van der Waals surface area contributed by atoms with Gasteiger partial charge in [-0.05, 0) is 0 Å². The summed E-state index contributed by atoms with van der Waals surface area (Å²) >= 11 is 3.41. The van der Waals surface area contributed by atoms with Crippen molar-refractivity contribution in [3.8, 4) is 11.4 Å². The topological polar surface area (TPSA) is 34.0 Å². The second kappa shape index (κ2) is 5.27. The Bertz CT molecular complexity index is 591. The summed E-state index contributed by atoms with van der Waals surface area (Å²) in [5.41, 5.74) is 1.12. The second-order valence-corrected chi connectivity index (χ2v) is 5.81. The molecule has 0 saturated carbocycles. The molecule has 1 aliphatic heterocycles. The van der Waals surface area contributed by atoms with Crippen molar-refractivity contribution < 1.29 is 0 Å². The molecule has 0 fully saturated rings. The molecule has 0 saturated heterocycles. The molecule has 98 valence electrons. The SMILES string of the molecule is C=C(Br)CN1CCn2c(nnc2-c2ccccc2)C1. The highest BCUT2D eigenvalue weighted by molar-refractivity contribution is 9.11. The van der Waals surface area contributed by atoms with E-state index >= 15 is 0 Å². The van der Waals surface area contributed by atoms with Gasteiger partial charge in [-0.2, -0.15) is 0 Å². The zero-order valence-electron chi connectivity index (χ0n) is 10.6. The molecule has 3 rings (SSSR count). The van der Waals surface area contributed by atoms with Gasteiger partial charge in [0.25, 0.3) is 0 Å². The van der Waals surface area contributed by atoms with Gasteiger partial charge in [0, 0.05) is 29.7 Å². The molecule has 4 nitrogen and oxygen atoms in total. The summed E-state index contributed by atoms with van der Waals surface area (Å²) in [5.74, 6) is 1.99. The lowest BCUT2D eigenvalue weighted by Crippen LogP contribution is -2.34. The highest BCUT2D eigenvalue weighted by Crippen LogP contribution is 2.21. The Balaban J connectivity index is 1.86. The number of hydrogen-bond donors (Lipinski definition) is 0. The molecule has 19 heavy (non-hydrogen) atoms. The second-order valence-electron chi connectivity index (χ2n) is 4.69. The number of halogens is 1. The average Bonchev–Trinajstić information content (AvgIpc) is 2.82. The molecule has 0 N–H and O–H groups in total. The highest BCUT2D eigenvalue weighted by Gasteiger charge is 2.21. The minimum absolute atomic E-state index is 0.824. The van der Waals surface area contributed by atoms with Gasteiger partial charge in [-0.3, -0.25) is 4.90 Å². The number of fused-ring (bicyclic) bond motifs is 1. The summed E-state index contributed by atoms with van der Waals surface area (Å²) in [6, 6.07) is 10.2. The van der Waals surface area contributed by atoms with Crippen LogP contribution >= 0.6 is 15.9 Å². The van der Waals surface area contributed by atoms with Gasteiger partial charge in [0.05, 0.1) is 6.54 Å². The molecule has 1 aromatic heterocycles. The Kier molecular flexibility index (Phi) is 3.48. The molecule has 1 aromatic carbocycles. The Morgan fingerprint density at radius 2 is 2.00 bits per heavy atom. The summed E-state index contributed by atoms with van der Waals surface area (Å²) in [5, 5.41) is 8.65. The zero-order chi connectivity index (χ0) is 13.2. The zero-order valence-corrected chi connectivity index (χ0v) is 12.2. The molecule has 2 heterocycles. The Labute approximate surface area is 120 Å². The highest BCUT2D eigenvalue weighted by atomic mass is 79.9. The van der Waals surface area contributed by atoms with Crippen LogP contribution in [0.1, 0.15) is 5.82 Å². The molecule has 2 aromatic rings. The van der Waals surface area contributed by atoms with Crippen LogP contribution in [-0.4, -0.2) is 32.8 Å². The van der Waals surface area contributed by atoms with Crippen LogP contribution in [0.3, 0.4) is 0 Å². The van der Waals surface area contributed by atoms with E-state index in [-0.39, 0.29) is 0 Å². The summed E-state index contributed by atoms with van der Waals surface area (Å²) in [6.07, 6.45) is 0. The maximum Gasteiger partial charge on any atom is 0.164 e. The summed E-state index contributed by atoms with van der Waals surface area (Å²) in [4.78, 5) is 2.32. The van der Waals surface area contributed by atoms with Gasteiger partial charge >= 0.3 is 0 Å². The van der Waals surface area contributed by atoms with Crippen molar-refractivity contribution in [1.82, 2.24) is 19.7 Å². The van der Waals surface area contributed by atoms with Gasteiger partial charge in [0.1, 0.15) is 5.82 Å². The first-order chi connectivity index (χ1) is 9.24. The third-order valence-electron chi connectivity index (χ3n) is 3.26. The molecule has 1 aliphatic rings. The fourth-order valence-electron chi connectivity index (χ4n) is 2.39. The van der Waals surface area contributed by atoms with E-state index in [0.717, 1.165) is 47.9 Å². The molecule has 0 spiro atoms. The lowest BCUT2D eigenvalue weighted by Gasteiger charge is -2.27. The maximum absolute atomic E-state index is 4.33. The van der Waals surface area contributed by atoms with Crippen molar-refractivity contribution in [2.75, 3.05) is 13.1 Å². The van der Waals surface area contributed by atoms with Crippen molar-refractivity contribution in [1.29, 1.82) is 0 Å². The predicted molar refractivity (Wildman–Crippen MR) is 78.8 cm³/mol. The molecular formula is C14H15BrN4. The van der Waals surface area contributed by atoms with Crippen molar-refractivity contribution in [2.45, 2.75) is 13.1 Å². The number of benzene rings is 1. The predicted octanol–water partition coefficient (Wildman–Crippen LogP) is 2.67. The lowest BCUT2D eigenvalue weighted by atomic mass is 10.2. The van der Waals surface area contributed by atoms with E-state index in [4.69, 9.17) is 0 Å². The number of aromatic nitrogens is 3. The van der Waals surface area contributed by atoms with Gasteiger partial charge in [-0.15, -0.1) is 10.2 Å². The first-order valence-electron chi connectivity index (χ1n) is 6.27. The van der Waals surface area contributed by atoms with Crippen molar-refractivity contribution >= 4 is 15.9 Å². The number of nitrogens with zero attached hydrogens (tertiary/aromatic N) is 4. The first-order valence-corrected chi connectivity index (χ1v) is 7.06. The van der Waals surface area contributed by atoms with Gasteiger partial charge in [0.2, 0.25) is 0 Å². The van der Waals surface area contributed by atoms with E-state index in [1.165, 1.54) is 0 Å². The van der Waals surface area contributed by atoms with E-state index < -0.39 is 0 Å². The summed E-state index contributed by atoms with van der Waals surface area (Å²) < 4.78 is 3.21. The third-order valence-corrected chi connectivity index (χ3v) is 3.51. The van der Waals surface area contributed by atoms with Gasteiger partial charge in [-0.25, -0.2) is 0 Å². The molecule has 0 bridgehead atoms. The fourth-order valence-corrected chi connectivity index (χ4v) is 2.74. The minimum atomic E-state index is 0.824. The first kappa shape index (κ1) is 12.6. The molecule has 0 atom stereocenters. The van der Waals surface area contributed by atoms with Crippen molar-refractivity contribution in [3.63, 3.8) is 0 Å². The maximum atomic E-state index is 4.33. The molecule has 0 aliphatic carbocycles. The standard InChI is InChI=1S/C14H15BrN4/c1-11(15)9-18-7-8-19-13(10-18)16-17-14(19)12-5-3-2-4-6-12/h2-6H,1,7-10H2. The van der Waals surface area contributed by atoms with Crippen LogP contribution in [0.25, 0.3) is 11.4 Å². The average molecular weight is 319 g/mol. The van der Waals surface area contributed by atoms with Crippen LogP contribution in [0.15, 0.2) is 41.4 Å². The molecule has 0 amide bonds. The Hall–Kier alpha value is -1.46. The van der Waals surface area contributed by atoms with E-state index in [9.17, 15) is 0 Å². The van der Waals surface area contributed by atoms with Gasteiger partial charge < -0.3 is 4.57 Å². The summed E-state index contributed by atoms with van der Waals surface area (Å²) in [7, 11) is 0. The fraction of sp³-hybridized carbons (Fsp3) is 0.286. The van der Waals surface area contributed by atoms with Crippen LogP contribution in [0.5, 0.6) is 0 Å². The third kappa shape index (κ3) is 2.62. The van der Waals surface area contributed by atoms with Crippen LogP contribution in [0, 0.1) is 0 Å². The van der Waals surface area contributed by atoms with Crippen molar-refractivity contribution in [2.24, 2.45) is 0 Å². The molecule has 0 radical (unpaired) electrons. The van der Waals surface area contributed by atoms with E-state index in [2.05, 4.69) is 54.3 Å². The monoisotopic (exact) mass is 318 g/mol. The molecule has 0 unspecified atom stereocenters. The smallest absolute Gasteiger partial charge is 0.164 e. The molecular weight excluding hydrogens is 304 g/mol. The van der Waals surface area contributed by atoms with Crippen LogP contribution < -0.4 is 0 Å². The van der Waals surface area contributed by atoms with Crippen LogP contribution in [0.2, 0.25) is 0 Å². The minimum Gasteiger partial charge on any atom is -0.309 e. The van der Waals surface area contributed by atoms with E-state index in [0.29, 0.717) is 0 Å². The normalized spacial score (nSPS) is 15.2. The summed E-state index contributed by atoms with van der Waals surface area (Å²) in [6.45, 7) is 7.49. The largest absolute Gasteiger partial charge is 0.309 e. The van der Waals surface area contributed by atoms with E-state index in [1.54, 1.807) is 0 Å². The lowest BCUT2D eigenvalue weighted by molar-refractivity contribution is 0.239. The quantitative estimate of drug-likeness (QED) is 0.872. The molecule has 5 heteroatoms. The van der Waals surface area contributed by atoms with Crippen LogP contribution in [0.4, 0.5) is 0 Å². The van der Waals surface area contributed by atoms with E-state index in [1.807, 2.05) is 18.2 Å². The van der Waals surface area contributed by atoms with Crippen molar-refractivity contribution in [3.05, 3.63) is 47.2 Å². The Morgan fingerprint density at radius 1 is 1.21 bits per heavy atom. The number of rotatable bonds is 3.